The number of carbonyl (C=O) groups excluding carboxylic acids is 1. The third-order valence-corrected chi connectivity index (χ3v) is 7.21. The number of carbonyl (C=O) groups is 1. The van der Waals surface area contributed by atoms with Crippen LogP contribution >= 0.6 is 0 Å². The van der Waals surface area contributed by atoms with Crippen LogP contribution in [0.15, 0.2) is 12.7 Å². The summed E-state index contributed by atoms with van der Waals surface area (Å²) in [6.07, 6.45) is 6.21. The Balaban J connectivity index is 1.43. The molecule has 1 saturated carbocycles. The lowest BCUT2D eigenvalue weighted by Gasteiger charge is -2.44. The summed E-state index contributed by atoms with van der Waals surface area (Å²) < 4.78 is 7.70. The Bertz CT molecular complexity index is 1030. The molecule has 178 valence electrons. The number of nitrogens with two attached hydrogens (primary N) is 1. The Morgan fingerprint density at radius 3 is 2.73 bits per heavy atom. The fourth-order valence-electron chi connectivity index (χ4n) is 5.16. The van der Waals surface area contributed by atoms with Crippen molar-refractivity contribution in [1.82, 2.24) is 24.6 Å². The van der Waals surface area contributed by atoms with Crippen LogP contribution in [0.1, 0.15) is 63.3 Å². The highest BCUT2D eigenvalue weighted by molar-refractivity contribution is 5.77. The van der Waals surface area contributed by atoms with E-state index in [-0.39, 0.29) is 24.1 Å². The molecule has 0 spiro atoms. The first-order chi connectivity index (χ1) is 15.7. The van der Waals surface area contributed by atoms with Crippen molar-refractivity contribution in [2.75, 3.05) is 30.3 Å². The van der Waals surface area contributed by atoms with Crippen molar-refractivity contribution in [3.8, 4) is 0 Å². The number of fused-ring (bicyclic) bond motifs is 1. The van der Waals surface area contributed by atoms with E-state index in [2.05, 4.69) is 42.7 Å². The van der Waals surface area contributed by atoms with E-state index >= 15 is 0 Å². The van der Waals surface area contributed by atoms with Crippen LogP contribution in [0.2, 0.25) is 0 Å². The monoisotopic (exact) mass is 453 g/mol. The van der Waals surface area contributed by atoms with Gasteiger partial charge >= 0.3 is 0 Å². The van der Waals surface area contributed by atoms with Crippen molar-refractivity contribution in [3.05, 3.63) is 29.5 Å². The van der Waals surface area contributed by atoms with E-state index in [1.165, 1.54) is 36.0 Å². The second kappa shape index (κ2) is 8.27. The molecular formula is C24H35N7O2. The van der Waals surface area contributed by atoms with E-state index in [1.807, 2.05) is 4.90 Å². The van der Waals surface area contributed by atoms with Crippen molar-refractivity contribution in [1.29, 1.82) is 0 Å². The van der Waals surface area contributed by atoms with Crippen molar-refractivity contribution in [3.63, 3.8) is 0 Å². The molecule has 1 amide bonds. The molecule has 3 aliphatic rings. The van der Waals surface area contributed by atoms with Crippen molar-refractivity contribution in [2.45, 2.75) is 77.7 Å². The molecule has 1 saturated heterocycles. The summed E-state index contributed by atoms with van der Waals surface area (Å²) in [6, 6.07) is 0.0798. The fraction of sp³-hybridized carbons (Fsp3) is 0.667. The van der Waals surface area contributed by atoms with Crippen LogP contribution in [-0.2, 0) is 29.1 Å². The first-order valence-electron chi connectivity index (χ1n) is 12.1. The van der Waals surface area contributed by atoms with Crippen LogP contribution in [0, 0.1) is 5.92 Å². The second-order valence-corrected chi connectivity index (χ2v) is 10.6. The predicted molar refractivity (Wildman–Crippen MR) is 126 cm³/mol. The zero-order valence-electron chi connectivity index (χ0n) is 20.1. The van der Waals surface area contributed by atoms with Gasteiger partial charge in [-0.3, -0.25) is 4.79 Å². The zero-order valence-corrected chi connectivity index (χ0v) is 20.1. The Hall–Kier alpha value is -2.68. The smallest absolute Gasteiger partial charge is 0.244 e. The van der Waals surface area contributed by atoms with E-state index < -0.39 is 0 Å². The largest absolute Gasteiger partial charge is 0.395 e. The molecule has 4 heterocycles. The average molecular weight is 454 g/mol. The standard InChI is InChI=1S/C24H35N7O2/c1-15(2)19-10-29(7-8-31(19)20(32)11-30-14-26-13-27-30)23-21(25)17-9-24(3,4)33-12-18(17)22(28-23)16-5-6-16/h13-16,19H,5-12,25H2,1-4H3/t19-/m0/s1. The maximum absolute atomic E-state index is 13.1. The van der Waals surface area contributed by atoms with Gasteiger partial charge < -0.3 is 20.3 Å². The molecule has 9 heteroatoms. The number of piperazine rings is 1. The fourth-order valence-corrected chi connectivity index (χ4v) is 5.16. The molecule has 1 aliphatic carbocycles. The zero-order chi connectivity index (χ0) is 23.3. The van der Waals surface area contributed by atoms with Gasteiger partial charge in [-0.1, -0.05) is 13.8 Å². The van der Waals surface area contributed by atoms with E-state index in [4.69, 9.17) is 15.5 Å². The van der Waals surface area contributed by atoms with Gasteiger partial charge in [-0.15, -0.1) is 0 Å². The van der Waals surface area contributed by atoms with Gasteiger partial charge in [0, 0.05) is 37.5 Å². The molecule has 5 rings (SSSR count). The van der Waals surface area contributed by atoms with E-state index in [1.54, 1.807) is 11.0 Å². The lowest BCUT2D eigenvalue weighted by Crippen LogP contribution is -2.58. The maximum atomic E-state index is 13.1. The number of aromatic nitrogens is 4. The number of hydrogen-bond acceptors (Lipinski definition) is 7. The van der Waals surface area contributed by atoms with Gasteiger partial charge in [-0.05, 0) is 38.2 Å². The molecule has 1 atom stereocenters. The van der Waals surface area contributed by atoms with Crippen LogP contribution in [0.5, 0.6) is 0 Å². The molecule has 2 aliphatic heterocycles. The van der Waals surface area contributed by atoms with E-state index in [0.29, 0.717) is 31.5 Å². The summed E-state index contributed by atoms with van der Waals surface area (Å²) in [6.45, 7) is 11.5. The maximum Gasteiger partial charge on any atom is 0.244 e. The third-order valence-electron chi connectivity index (χ3n) is 7.21. The summed E-state index contributed by atoms with van der Waals surface area (Å²) in [7, 11) is 0. The van der Waals surface area contributed by atoms with Crippen molar-refractivity contribution in [2.24, 2.45) is 5.92 Å². The molecule has 9 nitrogen and oxygen atoms in total. The minimum absolute atomic E-state index is 0.0720. The first kappa shape index (κ1) is 22.1. The molecule has 0 unspecified atom stereocenters. The molecule has 0 aromatic carbocycles. The highest BCUT2D eigenvalue weighted by Crippen LogP contribution is 2.46. The number of rotatable bonds is 5. The SMILES string of the molecule is CC(C)[C@@H]1CN(c2nc(C3CC3)c3c(c2N)CC(C)(C)OC3)CCN1C(=O)Cn1cncn1. The average Bonchev–Trinajstić information content (AvgIpc) is 3.49. The van der Waals surface area contributed by atoms with Gasteiger partial charge in [0.25, 0.3) is 0 Å². The number of nitrogen functional groups attached to an aromatic ring is 1. The summed E-state index contributed by atoms with van der Waals surface area (Å²) >= 11 is 0. The minimum Gasteiger partial charge on any atom is -0.395 e. The summed E-state index contributed by atoms with van der Waals surface area (Å²) in [5.74, 6) is 1.79. The number of ether oxygens (including phenoxy) is 1. The second-order valence-electron chi connectivity index (χ2n) is 10.6. The van der Waals surface area contributed by atoms with Crippen molar-refractivity contribution < 1.29 is 9.53 Å². The van der Waals surface area contributed by atoms with E-state index in [0.717, 1.165) is 24.5 Å². The lowest BCUT2D eigenvalue weighted by atomic mass is 9.89. The van der Waals surface area contributed by atoms with Gasteiger partial charge in [0.2, 0.25) is 5.91 Å². The predicted octanol–water partition coefficient (Wildman–Crippen LogP) is 2.36. The Labute approximate surface area is 195 Å². The quantitative estimate of drug-likeness (QED) is 0.741. The topological polar surface area (TPSA) is 102 Å². The number of nitrogens with zero attached hydrogens (tertiary/aromatic N) is 6. The summed E-state index contributed by atoms with van der Waals surface area (Å²) in [4.78, 5) is 26.5. The van der Waals surface area contributed by atoms with Gasteiger partial charge in [0.05, 0.1) is 29.6 Å². The van der Waals surface area contributed by atoms with Crippen LogP contribution < -0.4 is 10.6 Å². The molecule has 2 fully saturated rings. The Morgan fingerprint density at radius 2 is 2.06 bits per heavy atom. The van der Waals surface area contributed by atoms with Crippen LogP contribution in [0.4, 0.5) is 11.5 Å². The summed E-state index contributed by atoms with van der Waals surface area (Å²) in [5, 5.41) is 4.09. The molecule has 0 radical (unpaired) electrons. The number of hydrogen-bond donors (Lipinski definition) is 1. The van der Waals surface area contributed by atoms with Crippen LogP contribution in [0.3, 0.4) is 0 Å². The third kappa shape index (κ3) is 4.30. The first-order valence-corrected chi connectivity index (χ1v) is 12.1. The minimum atomic E-state index is -0.229. The molecule has 33 heavy (non-hydrogen) atoms. The summed E-state index contributed by atoms with van der Waals surface area (Å²) in [5.41, 5.74) is 10.9. The van der Waals surface area contributed by atoms with Crippen LogP contribution in [-0.4, -0.2) is 61.8 Å². The molecular weight excluding hydrogens is 418 g/mol. The van der Waals surface area contributed by atoms with Gasteiger partial charge in [-0.25, -0.2) is 14.6 Å². The number of amides is 1. The highest BCUT2D eigenvalue weighted by atomic mass is 16.5. The molecule has 2 N–H and O–H groups in total. The highest BCUT2D eigenvalue weighted by Gasteiger charge is 2.39. The molecule has 2 aromatic heterocycles. The molecule has 0 bridgehead atoms. The van der Waals surface area contributed by atoms with Crippen molar-refractivity contribution >= 4 is 17.4 Å². The van der Waals surface area contributed by atoms with Gasteiger partial charge in [-0.2, -0.15) is 5.10 Å². The number of pyridine rings is 1. The van der Waals surface area contributed by atoms with Crippen LogP contribution in [0.25, 0.3) is 0 Å². The number of anilines is 2. The lowest BCUT2D eigenvalue weighted by molar-refractivity contribution is -0.135. The normalized spacial score (nSPS) is 22.5. The van der Waals surface area contributed by atoms with Gasteiger partial charge in [0.15, 0.2) is 5.82 Å². The van der Waals surface area contributed by atoms with Gasteiger partial charge in [0.1, 0.15) is 19.2 Å². The molecule has 2 aromatic rings. The Kier molecular flexibility index (Phi) is 5.55. The Morgan fingerprint density at radius 1 is 1.27 bits per heavy atom. The van der Waals surface area contributed by atoms with E-state index in [9.17, 15) is 4.79 Å².